The van der Waals surface area contributed by atoms with Crippen LogP contribution in [0, 0.1) is 12.3 Å². The molecule has 1 spiro atoms. The van der Waals surface area contributed by atoms with Gasteiger partial charge < -0.3 is 14.2 Å². The number of aryl methyl sites for hydroxylation is 1. The summed E-state index contributed by atoms with van der Waals surface area (Å²) in [5, 5.41) is 10.6. The van der Waals surface area contributed by atoms with E-state index in [1.807, 2.05) is 42.0 Å². The molecule has 3 aliphatic heterocycles. The van der Waals surface area contributed by atoms with Crippen molar-refractivity contribution in [3.8, 4) is 0 Å². The number of piperidine rings is 1. The third-order valence-electron chi connectivity index (χ3n) is 7.81. The van der Waals surface area contributed by atoms with Gasteiger partial charge in [0.1, 0.15) is 0 Å². The van der Waals surface area contributed by atoms with Gasteiger partial charge in [-0.3, -0.25) is 14.5 Å². The number of carbonyl (C=O) groups excluding carboxylic acids is 2. The summed E-state index contributed by atoms with van der Waals surface area (Å²) in [5.41, 5.74) is 1.11. The van der Waals surface area contributed by atoms with Crippen LogP contribution in [0.3, 0.4) is 0 Å². The van der Waals surface area contributed by atoms with Crippen molar-refractivity contribution in [1.29, 1.82) is 0 Å². The molecule has 0 bridgehead atoms. The number of hydrogen-bond acceptors (Lipinski definition) is 7. The minimum atomic E-state index is -0.0478. The second-order valence-corrected chi connectivity index (χ2v) is 11.5. The maximum Gasteiger partial charge on any atom is 0.264 e. The van der Waals surface area contributed by atoms with Crippen LogP contribution >= 0.6 is 11.3 Å². The smallest absolute Gasteiger partial charge is 0.264 e. The Kier molecular flexibility index (Phi) is 6.50. The largest absolute Gasteiger partial charge is 0.423 e. The van der Waals surface area contributed by atoms with Crippen LogP contribution < -0.4 is 0 Å². The van der Waals surface area contributed by atoms with Crippen LogP contribution in [0.25, 0.3) is 0 Å². The monoisotopic (exact) mass is 485 g/mol. The molecule has 0 aromatic carbocycles. The summed E-state index contributed by atoms with van der Waals surface area (Å²) in [6, 6.07) is 1.96. The fourth-order valence-corrected chi connectivity index (χ4v) is 6.58. The molecule has 5 rings (SSSR count). The normalized spacial score (nSPS) is 22.9. The van der Waals surface area contributed by atoms with E-state index in [2.05, 4.69) is 15.1 Å². The van der Waals surface area contributed by atoms with Crippen molar-refractivity contribution in [3.63, 3.8) is 0 Å². The summed E-state index contributed by atoms with van der Waals surface area (Å²) in [6.07, 6.45) is 4.93. The zero-order valence-corrected chi connectivity index (χ0v) is 21.3. The molecular weight excluding hydrogens is 450 g/mol. The van der Waals surface area contributed by atoms with Crippen LogP contribution in [-0.2, 0) is 4.79 Å². The van der Waals surface area contributed by atoms with Gasteiger partial charge in [0.2, 0.25) is 17.7 Å². The zero-order chi connectivity index (χ0) is 23.9. The van der Waals surface area contributed by atoms with Crippen molar-refractivity contribution in [2.75, 3.05) is 39.3 Å². The molecular formula is C25H35N5O3S. The minimum absolute atomic E-state index is 0.0478. The van der Waals surface area contributed by atoms with E-state index in [1.54, 1.807) is 0 Å². The van der Waals surface area contributed by atoms with E-state index in [1.165, 1.54) is 11.3 Å². The maximum atomic E-state index is 13.0. The second-order valence-electron chi connectivity index (χ2n) is 10.6. The van der Waals surface area contributed by atoms with Gasteiger partial charge >= 0.3 is 0 Å². The Morgan fingerprint density at radius 1 is 1.15 bits per heavy atom. The fourth-order valence-electron chi connectivity index (χ4n) is 5.69. The Hall–Kier alpha value is -2.26. The van der Waals surface area contributed by atoms with E-state index in [0.717, 1.165) is 75.3 Å². The number of likely N-dealkylation sites (tertiary alicyclic amines) is 3. The van der Waals surface area contributed by atoms with E-state index >= 15 is 0 Å². The van der Waals surface area contributed by atoms with Gasteiger partial charge in [-0.1, -0.05) is 13.8 Å². The predicted molar refractivity (Wildman–Crippen MR) is 130 cm³/mol. The summed E-state index contributed by atoms with van der Waals surface area (Å²) < 4.78 is 6.07. The SMILES string of the molecule is Cc1ccsc1C(=O)N1CCC2(CC1)CC(c1nnc(C(C)C)o1)N(CC(=O)N1CCCC1)C2. The van der Waals surface area contributed by atoms with Crippen molar-refractivity contribution < 1.29 is 14.0 Å². The summed E-state index contributed by atoms with van der Waals surface area (Å²) in [5.74, 6) is 1.79. The summed E-state index contributed by atoms with van der Waals surface area (Å²) >= 11 is 1.53. The molecule has 5 heterocycles. The molecule has 3 saturated heterocycles. The molecule has 0 N–H and O–H groups in total. The van der Waals surface area contributed by atoms with E-state index < -0.39 is 0 Å². The molecule has 1 unspecified atom stereocenters. The summed E-state index contributed by atoms with van der Waals surface area (Å²) in [7, 11) is 0. The van der Waals surface area contributed by atoms with Crippen LogP contribution in [0.4, 0.5) is 0 Å². The van der Waals surface area contributed by atoms with Gasteiger partial charge in [0.25, 0.3) is 5.91 Å². The van der Waals surface area contributed by atoms with Crippen LogP contribution in [0.1, 0.15) is 84.9 Å². The highest BCUT2D eigenvalue weighted by molar-refractivity contribution is 7.12. The average Bonchev–Trinajstić information content (AvgIpc) is 3.61. The minimum Gasteiger partial charge on any atom is -0.423 e. The van der Waals surface area contributed by atoms with E-state index in [0.29, 0.717) is 18.3 Å². The Labute approximate surface area is 205 Å². The number of rotatable bonds is 5. The van der Waals surface area contributed by atoms with Gasteiger partial charge in [0.15, 0.2) is 0 Å². The van der Waals surface area contributed by atoms with Gasteiger partial charge in [-0.2, -0.15) is 0 Å². The lowest BCUT2D eigenvalue weighted by molar-refractivity contribution is -0.131. The van der Waals surface area contributed by atoms with Gasteiger partial charge in [-0.25, -0.2) is 0 Å². The first-order chi connectivity index (χ1) is 16.3. The van der Waals surface area contributed by atoms with E-state index in [-0.39, 0.29) is 29.2 Å². The topological polar surface area (TPSA) is 82.8 Å². The molecule has 0 saturated carbocycles. The Morgan fingerprint density at radius 3 is 2.50 bits per heavy atom. The molecule has 2 aromatic rings. The van der Waals surface area contributed by atoms with Crippen molar-refractivity contribution in [3.05, 3.63) is 33.7 Å². The number of thiophene rings is 1. The standard InChI is InChI=1S/C25H35N5O3S/c1-17(2)22-26-27-23(33-22)19-14-25(16-30(19)15-20(31)28-9-4-5-10-28)7-11-29(12-8-25)24(32)21-18(3)6-13-34-21/h6,13,17,19H,4-5,7-12,14-16H2,1-3H3. The van der Waals surface area contributed by atoms with Crippen molar-refractivity contribution in [2.45, 2.75) is 64.8 Å². The Bertz CT molecular complexity index is 1030. The molecule has 8 nitrogen and oxygen atoms in total. The first kappa shape index (κ1) is 23.5. The highest BCUT2D eigenvalue weighted by Gasteiger charge is 2.49. The first-order valence-electron chi connectivity index (χ1n) is 12.5. The fraction of sp³-hybridized carbons (Fsp3) is 0.680. The highest BCUT2D eigenvalue weighted by atomic mass is 32.1. The average molecular weight is 486 g/mol. The maximum absolute atomic E-state index is 13.0. The van der Waals surface area contributed by atoms with Crippen molar-refractivity contribution in [2.24, 2.45) is 5.41 Å². The molecule has 0 aliphatic carbocycles. The summed E-state index contributed by atoms with van der Waals surface area (Å²) in [6.45, 7) is 10.5. The Balaban J connectivity index is 1.31. The molecule has 9 heteroatoms. The number of aromatic nitrogens is 2. The van der Waals surface area contributed by atoms with E-state index in [9.17, 15) is 9.59 Å². The third-order valence-corrected chi connectivity index (χ3v) is 8.81. The molecule has 2 aromatic heterocycles. The lowest BCUT2D eigenvalue weighted by atomic mass is 9.76. The zero-order valence-electron chi connectivity index (χ0n) is 20.5. The van der Waals surface area contributed by atoms with E-state index in [4.69, 9.17) is 4.42 Å². The highest BCUT2D eigenvalue weighted by Crippen LogP contribution is 2.49. The van der Waals surface area contributed by atoms with Crippen molar-refractivity contribution in [1.82, 2.24) is 24.9 Å². The number of hydrogen-bond donors (Lipinski definition) is 0. The quantitative estimate of drug-likeness (QED) is 0.640. The molecule has 0 radical (unpaired) electrons. The molecule has 3 fully saturated rings. The molecule has 2 amide bonds. The third kappa shape index (κ3) is 4.52. The number of amides is 2. The lowest BCUT2D eigenvalue weighted by Gasteiger charge is -2.39. The molecule has 184 valence electrons. The van der Waals surface area contributed by atoms with Gasteiger partial charge in [0.05, 0.1) is 17.5 Å². The van der Waals surface area contributed by atoms with Gasteiger partial charge in [-0.05, 0) is 61.5 Å². The van der Waals surface area contributed by atoms with Crippen LogP contribution in [0.5, 0.6) is 0 Å². The van der Waals surface area contributed by atoms with Crippen molar-refractivity contribution >= 4 is 23.2 Å². The first-order valence-corrected chi connectivity index (χ1v) is 13.4. The molecule has 3 aliphatic rings. The summed E-state index contributed by atoms with van der Waals surface area (Å²) in [4.78, 5) is 33.2. The van der Waals surface area contributed by atoms with Crippen LogP contribution in [-0.4, -0.2) is 76.0 Å². The molecule has 34 heavy (non-hydrogen) atoms. The Morgan fingerprint density at radius 2 is 1.88 bits per heavy atom. The van der Waals surface area contributed by atoms with Crippen LogP contribution in [0.2, 0.25) is 0 Å². The lowest BCUT2D eigenvalue weighted by Crippen LogP contribution is -2.45. The van der Waals surface area contributed by atoms with Gasteiger partial charge in [0, 0.05) is 38.6 Å². The number of nitrogens with zero attached hydrogens (tertiary/aromatic N) is 5. The molecule has 1 atom stereocenters. The predicted octanol–water partition coefficient (Wildman–Crippen LogP) is 3.85. The van der Waals surface area contributed by atoms with Crippen LogP contribution in [0.15, 0.2) is 15.9 Å². The second kappa shape index (κ2) is 9.41. The van der Waals surface area contributed by atoms with Gasteiger partial charge in [-0.15, -0.1) is 21.5 Å². The number of carbonyl (C=O) groups is 2.